The summed E-state index contributed by atoms with van der Waals surface area (Å²) in [7, 11) is 0. The Kier molecular flexibility index (Phi) is 3.05. The van der Waals surface area contributed by atoms with E-state index in [1.165, 1.54) is 25.3 Å². The van der Waals surface area contributed by atoms with E-state index in [0.717, 1.165) is 0 Å². The molecule has 94 valence electrons. The third-order valence-corrected chi connectivity index (χ3v) is 3.08. The molecule has 1 fully saturated rings. The highest BCUT2D eigenvalue weighted by Gasteiger charge is 2.52. The average molecular weight is 241 g/mol. The molecule has 0 saturated carbocycles. The van der Waals surface area contributed by atoms with Crippen molar-refractivity contribution in [3.8, 4) is 0 Å². The van der Waals surface area contributed by atoms with Gasteiger partial charge in [-0.25, -0.2) is 0 Å². The zero-order valence-electron chi connectivity index (χ0n) is 9.33. The summed E-state index contributed by atoms with van der Waals surface area (Å²) in [4.78, 5) is 13.4. The first-order chi connectivity index (χ1) is 7.96. The van der Waals surface area contributed by atoms with E-state index < -0.39 is 23.9 Å². The van der Waals surface area contributed by atoms with Crippen LogP contribution in [0.2, 0.25) is 0 Å². The minimum atomic E-state index is -1.51. The second kappa shape index (κ2) is 4.23. The first-order valence-electron chi connectivity index (χ1n) is 5.32. The van der Waals surface area contributed by atoms with E-state index in [9.17, 15) is 15.0 Å². The highest BCUT2D eigenvalue weighted by Crippen LogP contribution is 2.40. The van der Waals surface area contributed by atoms with E-state index in [1.807, 2.05) is 0 Å². The molecule has 4 atom stereocenters. The maximum atomic E-state index is 10.9. The van der Waals surface area contributed by atoms with Gasteiger partial charge < -0.3 is 25.0 Å². The van der Waals surface area contributed by atoms with Crippen LogP contribution < -0.4 is 5.56 Å². The van der Waals surface area contributed by atoms with Gasteiger partial charge in [-0.2, -0.15) is 0 Å². The molecule has 1 aromatic heterocycles. The van der Waals surface area contributed by atoms with Crippen LogP contribution >= 0.6 is 0 Å². The highest BCUT2D eigenvalue weighted by molar-refractivity contribution is 5.20. The zero-order chi connectivity index (χ0) is 12.6. The van der Waals surface area contributed by atoms with Crippen LogP contribution in [-0.2, 0) is 4.74 Å². The van der Waals surface area contributed by atoms with E-state index in [-0.39, 0.29) is 12.2 Å². The maximum Gasteiger partial charge on any atom is 0.247 e. The van der Waals surface area contributed by atoms with Crippen LogP contribution in [0.25, 0.3) is 0 Å². The number of H-pyrrole nitrogens is 1. The van der Waals surface area contributed by atoms with E-state index in [1.54, 1.807) is 0 Å². The normalized spacial score (nSPS) is 37.3. The largest absolute Gasteiger partial charge is 0.394 e. The summed E-state index contributed by atoms with van der Waals surface area (Å²) in [5, 5.41) is 29.0. The fourth-order valence-electron chi connectivity index (χ4n) is 2.06. The summed E-state index contributed by atoms with van der Waals surface area (Å²) in [6.45, 7) is 1.06. The van der Waals surface area contributed by atoms with Crippen LogP contribution in [0, 0.1) is 0 Å². The van der Waals surface area contributed by atoms with Gasteiger partial charge in [-0.3, -0.25) is 4.79 Å². The Labute approximate surface area is 97.5 Å². The molecule has 0 aliphatic carbocycles. The molecule has 2 rings (SSSR count). The molecule has 1 aromatic rings. The van der Waals surface area contributed by atoms with Crippen molar-refractivity contribution in [3.63, 3.8) is 0 Å². The topological polar surface area (TPSA) is 103 Å². The van der Waals surface area contributed by atoms with Crippen molar-refractivity contribution in [1.29, 1.82) is 0 Å². The summed E-state index contributed by atoms with van der Waals surface area (Å²) in [6, 6.07) is 2.83. The Hall–Kier alpha value is -1.21. The molecule has 0 aromatic carbocycles. The van der Waals surface area contributed by atoms with Gasteiger partial charge in [0.1, 0.15) is 23.9 Å². The van der Waals surface area contributed by atoms with Crippen LogP contribution in [0.5, 0.6) is 0 Å². The molecule has 1 aliphatic heterocycles. The number of nitrogens with one attached hydrogen (secondary N) is 1. The standard InChI is InChI=1S/C11H15NO5/c1-11(16)9(15)7(5-13)17-10(11)6-2-3-8(14)12-4-6/h2-4,7,9-10,13,15-16H,5H2,1H3,(H,12,14)/t7-,9-,10?,11-/m1/s1. The lowest BCUT2D eigenvalue weighted by atomic mass is 9.89. The van der Waals surface area contributed by atoms with Gasteiger partial charge in [0.15, 0.2) is 0 Å². The van der Waals surface area contributed by atoms with Gasteiger partial charge in [0.2, 0.25) is 5.56 Å². The Morgan fingerprint density at radius 3 is 2.71 bits per heavy atom. The molecule has 6 heteroatoms. The van der Waals surface area contributed by atoms with E-state index in [2.05, 4.69) is 4.98 Å². The predicted octanol–water partition coefficient (Wildman–Crippen LogP) is -1.08. The summed E-state index contributed by atoms with van der Waals surface area (Å²) < 4.78 is 5.39. The van der Waals surface area contributed by atoms with Crippen LogP contribution in [0.4, 0.5) is 0 Å². The fourth-order valence-corrected chi connectivity index (χ4v) is 2.06. The Morgan fingerprint density at radius 2 is 2.24 bits per heavy atom. The average Bonchev–Trinajstić information content (AvgIpc) is 2.53. The van der Waals surface area contributed by atoms with Crippen LogP contribution in [0.15, 0.2) is 23.1 Å². The molecule has 1 saturated heterocycles. The van der Waals surface area contributed by atoms with Crippen molar-refractivity contribution in [1.82, 2.24) is 4.98 Å². The van der Waals surface area contributed by atoms with E-state index in [0.29, 0.717) is 5.56 Å². The molecule has 6 nitrogen and oxygen atoms in total. The molecule has 0 bridgehead atoms. The number of hydrogen-bond acceptors (Lipinski definition) is 5. The van der Waals surface area contributed by atoms with E-state index >= 15 is 0 Å². The Morgan fingerprint density at radius 1 is 1.53 bits per heavy atom. The predicted molar refractivity (Wildman–Crippen MR) is 58.4 cm³/mol. The first-order valence-corrected chi connectivity index (χ1v) is 5.32. The van der Waals surface area contributed by atoms with Gasteiger partial charge in [0.05, 0.1) is 6.61 Å². The van der Waals surface area contributed by atoms with Gasteiger partial charge in [-0.05, 0) is 13.0 Å². The second-order valence-corrected chi connectivity index (χ2v) is 4.39. The molecule has 0 amide bonds. The minimum absolute atomic E-state index is 0.259. The minimum Gasteiger partial charge on any atom is -0.394 e. The molecule has 2 heterocycles. The van der Waals surface area contributed by atoms with Gasteiger partial charge in [0, 0.05) is 17.8 Å². The van der Waals surface area contributed by atoms with Crippen molar-refractivity contribution in [2.24, 2.45) is 0 Å². The lowest BCUT2D eigenvalue weighted by Gasteiger charge is -2.26. The van der Waals surface area contributed by atoms with Gasteiger partial charge in [-0.15, -0.1) is 0 Å². The molecule has 0 spiro atoms. The van der Waals surface area contributed by atoms with Crippen LogP contribution in [0.3, 0.4) is 0 Å². The van der Waals surface area contributed by atoms with Gasteiger partial charge in [0.25, 0.3) is 0 Å². The number of hydrogen-bond donors (Lipinski definition) is 4. The maximum absolute atomic E-state index is 10.9. The fraction of sp³-hybridized carbons (Fsp3) is 0.545. The summed E-state index contributed by atoms with van der Waals surface area (Å²) in [5.41, 5.74) is -1.22. The van der Waals surface area contributed by atoms with Crippen LogP contribution in [0.1, 0.15) is 18.6 Å². The Bertz CT molecular complexity index is 435. The highest BCUT2D eigenvalue weighted by atomic mass is 16.6. The van der Waals surface area contributed by atoms with Crippen molar-refractivity contribution in [3.05, 3.63) is 34.2 Å². The molecular weight excluding hydrogens is 226 g/mol. The smallest absolute Gasteiger partial charge is 0.247 e. The number of aliphatic hydroxyl groups is 3. The van der Waals surface area contributed by atoms with Crippen molar-refractivity contribution < 1.29 is 20.1 Å². The van der Waals surface area contributed by atoms with Crippen molar-refractivity contribution in [2.45, 2.75) is 30.8 Å². The molecule has 1 aliphatic rings. The molecule has 4 N–H and O–H groups in total. The van der Waals surface area contributed by atoms with E-state index in [4.69, 9.17) is 9.84 Å². The summed E-state index contributed by atoms with van der Waals surface area (Å²) in [6.07, 6.45) is -1.37. The Balaban J connectivity index is 2.33. The number of rotatable bonds is 2. The SMILES string of the molecule is C[C@]1(O)C(c2ccc(=O)[nH]c2)O[C@H](CO)[C@H]1O. The number of aromatic nitrogens is 1. The molecular formula is C11H15NO5. The lowest BCUT2D eigenvalue weighted by Crippen LogP contribution is -2.43. The third kappa shape index (κ3) is 2.00. The number of aliphatic hydroxyl groups excluding tert-OH is 2. The number of pyridine rings is 1. The molecule has 17 heavy (non-hydrogen) atoms. The quantitative estimate of drug-likeness (QED) is 0.527. The molecule has 1 unspecified atom stereocenters. The lowest BCUT2D eigenvalue weighted by molar-refractivity contribution is -0.0646. The monoisotopic (exact) mass is 241 g/mol. The number of aromatic amines is 1. The van der Waals surface area contributed by atoms with Crippen molar-refractivity contribution >= 4 is 0 Å². The van der Waals surface area contributed by atoms with Gasteiger partial charge >= 0.3 is 0 Å². The first kappa shape index (κ1) is 12.3. The van der Waals surface area contributed by atoms with Crippen molar-refractivity contribution in [2.75, 3.05) is 6.61 Å². The second-order valence-electron chi connectivity index (χ2n) is 4.39. The summed E-state index contributed by atoms with van der Waals surface area (Å²) in [5.74, 6) is 0. The summed E-state index contributed by atoms with van der Waals surface area (Å²) >= 11 is 0. The molecule has 0 radical (unpaired) electrons. The van der Waals surface area contributed by atoms with Gasteiger partial charge in [-0.1, -0.05) is 0 Å². The van der Waals surface area contributed by atoms with Crippen LogP contribution in [-0.4, -0.2) is 44.7 Å². The third-order valence-electron chi connectivity index (χ3n) is 3.08. The number of ether oxygens (including phenoxy) is 1. The zero-order valence-corrected chi connectivity index (χ0v) is 9.33.